The smallest absolute Gasteiger partial charge is 0.0322 e. The molecule has 0 aliphatic rings. The normalized spacial score (nSPS) is 13.0. The molecule has 22 heavy (non-hydrogen) atoms. The van der Waals surface area contributed by atoms with Crippen LogP contribution in [-0.2, 0) is 0 Å². The molecule has 0 spiro atoms. The van der Waals surface area contributed by atoms with Crippen molar-refractivity contribution in [1.29, 1.82) is 0 Å². The van der Waals surface area contributed by atoms with Crippen LogP contribution in [-0.4, -0.2) is 0 Å². The van der Waals surface area contributed by atoms with Gasteiger partial charge in [0.25, 0.3) is 0 Å². The number of unbranched alkanes of at least 4 members (excludes halogenated alkanes) is 10. The number of rotatable bonds is 17. The average Bonchev–Trinajstić information content (AvgIpc) is 2.53. The molecule has 0 amide bonds. The SMILES string of the molecule is [CH2]CCCC/C=C/CC(CCC)CCCCCCCCC[CH2]. The number of allylic oxidation sites excluding steroid dienone is 2. The van der Waals surface area contributed by atoms with Crippen molar-refractivity contribution in [1.82, 2.24) is 0 Å². The molecular weight excluding hydrogens is 264 g/mol. The molecule has 0 heteroatoms. The Hall–Kier alpha value is -0.260. The summed E-state index contributed by atoms with van der Waals surface area (Å²) in [6.07, 6.45) is 26.3. The lowest BCUT2D eigenvalue weighted by Crippen LogP contribution is -1.99. The van der Waals surface area contributed by atoms with Gasteiger partial charge in [-0.3, -0.25) is 0 Å². The predicted molar refractivity (Wildman–Crippen MR) is 103 cm³/mol. The van der Waals surface area contributed by atoms with E-state index in [1.807, 2.05) is 0 Å². The van der Waals surface area contributed by atoms with Crippen LogP contribution in [0.4, 0.5) is 0 Å². The minimum atomic E-state index is 0.931. The zero-order valence-electron chi connectivity index (χ0n) is 15.5. The molecule has 0 aromatic heterocycles. The third kappa shape index (κ3) is 16.1. The van der Waals surface area contributed by atoms with E-state index in [9.17, 15) is 0 Å². The van der Waals surface area contributed by atoms with Crippen LogP contribution in [0.25, 0.3) is 0 Å². The molecule has 0 fully saturated rings. The highest BCUT2D eigenvalue weighted by Crippen LogP contribution is 2.21. The molecule has 0 aliphatic heterocycles. The van der Waals surface area contributed by atoms with Gasteiger partial charge in [0.2, 0.25) is 0 Å². The molecule has 0 bridgehead atoms. The van der Waals surface area contributed by atoms with E-state index in [1.165, 1.54) is 89.9 Å². The van der Waals surface area contributed by atoms with Crippen molar-refractivity contribution >= 4 is 0 Å². The van der Waals surface area contributed by atoms with Gasteiger partial charge in [0.05, 0.1) is 0 Å². The Morgan fingerprint density at radius 3 is 1.91 bits per heavy atom. The van der Waals surface area contributed by atoms with Gasteiger partial charge < -0.3 is 0 Å². The van der Waals surface area contributed by atoms with Crippen LogP contribution in [0.5, 0.6) is 0 Å². The minimum Gasteiger partial charge on any atom is -0.0885 e. The lowest BCUT2D eigenvalue weighted by molar-refractivity contribution is 0.422. The largest absolute Gasteiger partial charge is 0.0885 e. The van der Waals surface area contributed by atoms with Crippen LogP contribution in [0.3, 0.4) is 0 Å². The van der Waals surface area contributed by atoms with Gasteiger partial charge in [-0.05, 0) is 25.2 Å². The van der Waals surface area contributed by atoms with Crippen molar-refractivity contribution in [3.63, 3.8) is 0 Å². The summed E-state index contributed by atoms with van der Waals surface area (Å²) in [5, 5.41) is 0. The highest BCUT2D eigenvalue weighted by Gasteiger charge is 2.05. The Labute approximate surface area is 142 Å². The first kappa shape index (κ1) is 21.7. The van der Waals surface area contributed by atoms with Crippen LogP contribution in [0, 0.1) is 19.8 Å². The first-order valence-electron chi connectivity index (χ1n) is 10.1. The maximum absolute atomic E-state index is 3.91. The molecule has 0 N–H and O–H groups in total. The van der Waals surface area contributed by atoms with Gasteiger partial charge in [-0.1, -0.05) is 116 Å². The molecule has 130 valence electrons. The highest BCUT2D eigenvalue weighted by atomic mass is 14.1. The molecule has 0 saturated carbocycles. The fraction of sp³-hybridized carbons (Fsp3) is 0.818. The molecule has 0 aliphatic carbocycles. The summed E-state index contributed by atoms with van der Waals surface area (Å²) in [4.78, 5) is 0. The van der Waals surface area contributed by atoms with Crippen molar-refractivity contribution < 1.29 is 0 Å². The zero-order valence-corrected chi connectivity index (χ0v) is 15.5. The summed E-state index contributed by atoms with van der Waals surface area (Å²) in [6, 6.07) is 0. The van der Waals surface area contributed by atoms with Crippen LogP contribution < -0.4 is 0 Å². The Bertz CT molecular complexity index is 216. The van der Waals surface area contributed by atoms with Gasteiger partial charge in [-0.15, -0.1) is 0 Å². The zero-order chi connectivity index (χ0) is 16.3. The van der Waals surface area contributed by atoms with Gasteiger partial charge >= 0.3 is 0 Å². The lowest BCUT2D eigenvalue weighted by atomic mass is 9.92. The molecule has 0 rings (SSSR count). The van der Waals surface area contributed by atoms with E-state index in [2.05, 4.69) is 32.9 Å². The Morgan fingerprint density at radius 2 is 1.27 bits per heavy atom. The second-order valence-corrected chi connectivity index (χ2v) is 6.83. The van der Waals surface area contributed by atoms with Crippen LogP contribution >= 0.6 is 0 Å². The molecule has 0 aromatic rings. The quantitative estimate of drug-likeness (QED) is 0.188. The van der Waals surface area contributed by atoms with E-state index in [-0.39, 0.29) is 0 Å². The van der Waals surface area contributed by atoms with E-state index in [1.54, 1.807) is 0 Å². The van der Waals surface area contributed by atoms with E-state index >= 15 is 0 Å². The third-order valence-electron chi connectivity index (χ3n) is 4.57. The van der Waals surface area contributed by atoms with E-state index in [0.717, 1.165) is 18.8 Å². The van der Waals surface area contributed by atoms with Crippen LogP contribution in [0.1, 0.15) is 110 Å². The van der Waals surface area contributed by atoms with E-state index in [4.69, 9.17) is 0 Å². The summed E-state index contributed by atoms with van der Waals surface area (Å²) >= 11 is 0. The summed E-state index contributed by atoms with van der Waals surface area (Å²) in [5.41, 5.74) is 0. The second-order valence-electron chi connectivity index (χ2n) is 6.83. The Balaban J connectivity index is 3.54. The maximum atomic E-state index is 3.91. The minimum absolute atomic E-state index is 0.931. The fourth-order valence-corrected chi connectivity index (χ4v) is 3.13. The predicted octanol–water partition coefficient (Wildman–Crippen LogP) is 8.09. The first-order chi connectivity index (χ1) is 10.8. The monoisotopic (exact) mass is 306 g/mol. The molecule has 1 atom stereocenters. The Kier molecular flexibility index (Phi) is 18.6. The molecular formula is C22H42. The van der Waals surface area contributed by atoms with Crippen molar-refractivity contribution in [3.8, 4) is 0 Å². The molecule has 2 radical (unpaired) electrons. The average molecular weight is 307 g/mol. The maximum Gasteiger partial charge on any atom is -0.0322 e. The first-order valence-corrected chi connectivity index (χ1v) is 10.1. The summed E-state index contributed by atoms with van der Waals surface area (Å²) in [5.74, 6) is 0.931. The van der Waals surface area contributed by atoms with Crippen molar-refractivity contribution in [2.24, 2.45) is 5.92 Å². The molecule has 1 unspecified atom stereocenters. The van der Waals surface area contributed by atoms with Gasteiger partial charge in [0.1, 0.15) is 0 Å². The molecule has 0 saturated heterocycles. The standard InChI is InChI=1S/C22H42/c1-4-7-9-11-13-14-16-18-21-22(19-6-3)20-17-15-12-10-8-5-2/h15,17,22H,1-2,4-14,16,18-21H2,3H3/b17-15+. The number of hydrogen-bond acceptors (Lipinski definition) is 0. The molecule has 0 nitrogen and oxygen atoms in total. The fourth-order valence-electron chi connectivity index (χ4n) is 3.13. The van der Waals surface area contributed by atoms with Gasteiger partial charge in [0, 0.05) is 0 Å². The van der Waals surface area contributed by atoms with Gasteiger partial charge in [0.15, 0.2) is 0 Å². The van der Waals surface area contributed by atoms with E-state index < -0.39 is 0 Å². The second kappa shape index (κ2) is 18.8. The van der Waals surface area contributed by atoms with Crippen molar-refractivity contribution in [3.05, 3.63) is 26.0 Å². The van der Waals surface area contributed by atoms with Crippen LogP contribution in [0.2, 0.25) is 0 Å². The highest BCUT2D eigenvalue weighted by molar-refractivity contribution is 4.84. The summed E-state index contributed by atoms with van der Waals surface area (Å²) < 4.78 is 0. The van der Waals surface area contributed by atoms with Crippen LogP contribution in [0.15, 0.2) is 12.2 Å². The van der Waals surface area contributed by atoms with Crippen molar-refractivity contribution in [2.75, 3.05) is 0 Å². The lowest BCUT2D eigenvalue weighted by Gasteiger charge is -2.13. The summed E-state index contributed by atoms with van der Waals surface area (Å²) in [7, 11) is 0. The van der Waals surface area contributed by atoms with E-state index in [0.29, 0.717) is 0 Å². The summed E-state index contributed by atoms with van der Waals surface area (Å²) in [6.45, 7) is 10.1. The van der Waals surface area contributed by atoms with Gasteiger partial charge in [-0.2, -0.15) is 0 Å². The molecule has 0 aromatic carbocycles. The topological polar surface area (TPSA) is 0 Å². The third-order valence-corrected chi connectivity index (χ3v) is 4.57. The molecule has 0 heterocycles. The Morgan fingerprint density at radius 1 is 0.682 bits per heavy atom. The van der Waals surface area contributed by atoms with Gasteiger partial charge in [-0.25, -0.2) is 0 Å². The van der Waals surface area contributed by atoms with Crippen molar-refractivity contribution in [2.45, 2.75) is 110 Å². The number of hydrogen-bond donors (Lipinski definition) is 0.